The largest absolute Gasteiger partial charge is 0.488 e. The second kappa shape index (κ2) is 14.2. The summed E-state index contributed by atoms with van der Waals surface area (Å²) >= 11 is 0. The number of rotatable bonds is 6. The monoisotopic (exact) mass is 765 g/mol. The van der Waals surface area contributed by atoms with Crippen molar-refractivity contribution >= 4 is 34.4 Å². The van der Waals surface area contributed by atoms with E-state index in [0.29, 0.717) is 26.0 Å². The van der Waals surface area contributed by atoms with Crippen molar-refractivity contribution in [1.82, 2.24) is 19.8 Å². The number of ether oxygens (including phenoxy) is 4. The maximum absolute atomic E-state index is 13.6. The lowest BCUT2D eigenvalue weighted by molar-refractivity contribution is -0.0391. The molecular formula is C44H52FN5O6. The third kappa shape index (κ3) is 7.47. The zero-order valence-corrected chi connectivity index (χ0v) is 33.6. The number of H-pyrrole nitrogens is 1. The van der Waals surface area contributed by atoms with Gasteiger partial charge in [-0.15, -0.1) is 0 Å². The van der Waals surface area contributed by atoms with Crippen molar-refractivity contribution in [1.29, 1.82) is 0 Å². The summed E-state index contributed by atoms with van der Waals surface area (Å²) in [5.74, 6) is 1.54. The number of likely N-dealkylation sites (tertiary alicyclic amines) is 2. The van der Waals surface area contributed by atoms with Gasteiger partial charge in [-0.2, -0.15) is 0 Å². The molecule has 5 atom stereocenters. The average Bonchev–Trinajstić information content (AvgIpc) is 3.93. The lowest BCUT2D eigenvalue weighted by Crippen LogP contribution is -2.43. The highest BCUT2D eigenvalue weighted by molar-refractivity contribution is 6.06. The molecule has 0 spiro atoms. The van der Waals surface area contributed by atoms with Crippen LogP contribution in [0.25, 0.3) is 33.2 Å². The molecule has 11 nitrogen and oxygen atoms in total. The van der Waals surface area contributed by atoms with Crippen LogP contribution in [-0.2, 0) is 27.2 Å². The third-order valence-corrected chi connectivity index (χ3v) is 11.1. The molecule has 0 saturated carbocycles. The maximum atomic E-state index is 13.6. The lowest BCUT2D eigenvalue weighted by Gasteiger charge is -2.30. The van der Waals surface area contributed by atoms with Gasteiger partial charge >= 0.3 is 12.2 Å². The van der Waals surface area contributed by atoms with E-state index in [4.69, 9.17) is 28.9 Å². The molecule has 1 unspecified atom stereocenters. The first-order chi connectivity index (χ1) is 26.5. The van der Waals surface area contributed by atoms with Gasteiger partial charge in [0.1, 0.15) is 29.4 Å². The second-order valence-electron chi connectivity index (χ2n) is 17.7. The summed E-state index contributed by atoms with van der Waals surface area (Å²) in [6.45, 7) is 15.7. The molecular weight excluding hydrogens is 714 g/mol. The van der Waals surface area contributed by atoms with Gasteiger partial charge in [0.05, 0.1) is 36.3 Å². The number of nitrogens with one attached hydrogen (secondary N) is 1. The summed E-state index contributed by atoms with van der Waals surface area (Å²) in [5, 5.41) is 2.15. The predicted octanol–water partition coefficient (Wildman–Crippen LogP) is 9.84. The first-order valence-corrected chi connectivity index (χ1v) is 19.8. The van der Waals surface area contributed by atoms with Crippen molar-refractivity contribution in [3.05, 3.63) is 65.6 Å². The number of imidazole rings is 1. The predicted molar refractivity (Wildman–Crippen MR) is 213 cm³/mol. The van der Waals surface area contributed by atoms with E-state index in [9.17, 15) is 14.0 Å². The Morgan fingerprint density at radius 3 is 2.50 bits per heavy atom. The number of aliphatic imine (C=N–C) groups is 1. The average molecular weight is 766 g/mol. The lowest BCUT2D eigenvalue weighted by atomic mass is 9.90. The molecule has 0 bridgehead atoms. The number of nitrogens with zero attached hydrogens (tertiary/aromatic N) is 4. The van der Waals surface area contributed by atoms with Crippen LogP contribution in [0, 0.1) is 5.92 Å². The van der Waals surface area contributed by atoms with Gasteiger partial charge < -0.3 is 23.9 Å². The molecule has 0 aliphatic carbocycles. The van der Waals surface area contributed by atoms with Crippen molar-refractivity contribution in [3.63, 3.8) is 0 Å². The van der Waals surface area contributed by atoms with Crippen LogP contribution in [-0.4, -0.2) is 80.5 Å². The van der Waals surface area contributed by atoms with Crippen molar-refractivity contribution in [2.75, 3.05) is 13.2 Å². The first kappa shape index (κ1) is 37.9. The summed E-state index contributed by atoms with van der Waals surface area (Å²) in [4.78, 5) is 43.4. The van der Waals surface area contributed by atoms with E-state index in [0.717, 1.165) is 80.1 Å². The number of alkyl halides is 1. The standard InChI is InChI=1S/C44H52FN5O6/c1-24-9-14-37(50(24)42(52)56-44(6,7)8)40-46-20-36(48-40)28-10-12-30-29(16-28)23-54-39-19-31-27(17-33(30)39)11-13-34-32(31)18-35(47-34)38-15-26(22-53-25(2)45)21-49(38)41(51)55-43(3,4)5/h10-13,16-17,19-20,24-26,37-38H,9,14-15,18,21-23H2,1-8H3,(H,46,48)/t24-,25?,26-,37-,38-/m0/s1. The van der Waals surface area contributed by atoms with Gasteiger partial charge in [-0.25, -0.2) is 19.0 Å². The van der Waals surface area contributed by atoms with E-state index in [2.05, 4.69) is 48.3 Å². The number of halogens is 1. The summed E-state index contributed by atoms with van der Waals surface area (Å²) in [5.41, 5.74) is 6.75. The van der Waals surface area contributed by atoms with Crippen LogP contribution < -0.4 is 4.74 Å². The fourth-order valence-electron chi connectivity index (χ4n) is 8.57. The molecule has 56 heavy (non-hydrogen) atoms. The van der Waals surface area contributed by atoms with Gasteiger partial charge in [0, 0.05) is 36.2 Å². The van der Waals surface area contributed by atoms with Gasteiger partial charge in [-0.3, -0.25) is 14.8 Å². The molecule has 2 amide bonds. The summed E-state index contributed by atoms with van der Waals surface area (Å²) in [6.07, 6.45) is 2.66. The van der Waals surface area contributed by atoms with E-state index in [1.807, 2.05) is 58.7 Å². The van der Waals surface area contributed by atoms with Gasteiger partial charge in [-0.1, -0.05) is 18.2 Å². The zero-order valence-electron chi connectivity index (χ0n) is 33.6. The number of carbonyl (C=O) groups excluding carboxylic acids is 2. The Balaban J connectivity index is 1.02. The summed E-state index contributed by atoms with van der Waals surface area (Å²) in [6, 6.07) is 14.5. The molecule has 3 aromatic carbocycles. The Labute approximate surface area is 327 Å². The molecule has 4 aliphatic heterocycles. The minimum atomic E-state index is -1.37. The number of amides is 2. The van der Waals surface area contributed by atoms with Gasteiger partial charge in [0.15, 0.2) is 6.36 Å². The number of aromatic amines is 1. The Bertz CT molecular complexity index is 2220. The number of benzene rings is 3. The molecule has 4 aliphatic rings. The molecule has 4 aromatic rings. The SMILES string of the molecule is CC(F)OC[C@H]1C[C@@H](C2=Nc3ccc4cc5c(cc4c3C2)OCc2cc(-c3cnc([C@@H]4CC[C@H](C)N4C(=O)OC(C)(C)C)[nH]3)ccc2-5)N(C(=O)OC(C)(C)C)C1. The van der Waals surface area contributed by atoms with Crippen LogP contribution in [0.4, 0.5) is 19.7 Å². The van der Waals surface area contributed by atoms with E-state index < -0.39 is 23.7 Å². The number of hydrogen-bond donors (Lipinski definition) is 1. The van der Waals surface area contributed by atoms with Crippen LogP contribution in [0.3, 0.4) is 0 Å². The molecule has 1 N–H and O–H groups in total. The molecule has 2 saturated heterocycles. The topological polar surface area (TPSA) is 119 Å². The van der Waals surface area contributed by atoms with Crippen LogP contribution in [0.2, 0.25) is 0 Å². The van der Waals surface area contributed by atoms with Gasteiger partial charge in [-0.05, 0) is 132 Å². The fraction of sp³-hybridized carbons (Fsp3) is 0.500. The van der Waals surface area contributed by atoms with Crippen LogP contribution in [0.5, 0.6) is 5.75 Å². The zero-order chi connectivity index (χ0) is 39.7. The van der Waals surface area contributed by atoms with Gasteiger partial charge in [0.2, 0.25) is 0 Å². The Hall–Kier alpha value is -4.97. The van der Waals surface area contributed by atoms with Crippen molar-refractivity contribution in [2.24, 2.45) is 10.9 Å². The Kier molecular flexibility index (Phi) is 9.62. The number of fused-ring (bicyclic) bond motifs is 6. The Morgan fingerprint density at radius 1 is 0.982 bits per heavy atom. The Morgan fingerprint density at radius 2 is 1.75 bits per heavy atom. The van der Waals surface area contributed by atoms with Crippen molar-refractivity contribution < 1.29 is 32.9 Å². The van der Waals surface area contributed by atoms with E-state index in [1.165, 1.54) is 6.92 Å². The summed E-state index contributed by atoms with van der Waals surface area (Å²) in [7, 11) is 0. The van der Waals surface area contributed by atoms with E-state index >= 15 is 0 Å². The minimum Gasteiger partial charge on any atom is -0.488 e. The maximum Gasteiger partial charge on any atom is 0.411 e. The van der Waals surface area contributed by atoms with Crippen molar-refractivity contribution in [2.45, 2.75) is 123 Å². The minimum absolute atomic E-state index is 0.0316. The number of hydrogen-bond acceptors (Lipinski definition) is 8. The van der Waals surface area contributed by atoms with Crippen LogP contribution in [0.15, 0.2) is 53.7 Å². The molecule has 8 rings (SSSR count). The van der Waals surface area contributed by atoms with Gasteiger partial charge in [0.25, 0.3) is 0 Å². The second-order valence-corrected chi connectivity index (χ2v) is 17.7. The molecule has 1 aromatic heterocycles. The number of carbonyl (C=O) groups is 2. The first-order valence-electron chi connectivity index (χ1n) is 19.8. The molecule has 2 fully saturated rings. The normalized spacial score (nSPS) is 22.3. The smallest absolute Gasteiger partial charge is 0.411 e. The number of aromatic nitrogens is 2. The van der Waals surface area contributed by atoms with Crippen molar-refractivity contribution in [3.8, 4) is 28.1 Å². The molecule has 5 heterocycles. The highest BCUT2D eigenvalue weighted by Crippen LogP contribution is 2.45. The fourth-order valence-corrected chi connectivity index (χ4v) is 8.57. The highest BCUT2D eigenvalue weighted by Gasteiger charge is 2.42. The summed E-state index contributed by atoms with van der Waals surface area (Å²) < 4.78 is 36.9. The van der Waals surface area contributed by atoms with E-state index in [1.54, 1.807) is 4.90 Å². The quantitative estimate of drug-likeness (QED) is 0.208. The molecule has 12 heteroatoms. The highest BCUT2D eigenvalue weighted by atomic mass is 19.1. The van der Waals surface area contributed by atoms with E-state index in [-0.39, 0.29) is 36.7 Å². The van der Waals surface area contributed by atoms with Crippen LogP contribution in [0.1, 0.15) is 97.6 Å². The third-order valence-electron chi connectivity index (χ3n) is 11.1. The molecule has 296 valence electrons. The molecule has 0 radical (unpaired) electrons. The van der Waals surface area contributed by atoms with Crippen LogP contribution >= 0.6 is 0 Å².